The summed E-state index contributed by atoms with van der Waals surface area (Å²) < 4.78 is 5.45. The molecule has 6 heteroatoms. The largest absolute Gasteiger partial charge is 0.379 e. The van der Waals surface area contributed by atoms with Gasteiger partial charge in [-0.2, -0.15) is 0 Å². The molecule has 0 bridgehead atoms. The standard InChI is InChI=1S/C15H28N4O.HI/c1-15(2)10-13(15)17-14(16-3)19-5-4-12(11-19)18-6-8-20-9-7-18;/h12-13H,4-11H2,1-3H3,(H,16,17);1H. The summed E-state index contributed by atoms with van der Waals surface area (Å²) in [7, 11) is 1.90. The van der Waals surface area contributed by atoms with E-state index in [1.807, 2.05) is 7.05 Å². The first-order chi connectivity index (χ1) is 9.60. The van der Waals surface area contributed by atoms with Crippen LogP contribution in [-0.2, 0) is 4.74 Å². The predicted octanol–water partition coefficient (Wildman–Crippen LogP) is 1.38. The lowest BCUT2D eigenvalue weighted by atomic mass is 10.2. The third-order valence-corrected chi connectivity index (χ3v) is 5.05. The maximum Gasteiger partial charge on any atom is 0.193 e. The Hall–Kier alpha value is -0.0800. The van der Waals surface area contributed by atoms with E-state index in [0.717, 1.165) is 45.4 Å². The Morgan fingerprint density at radius 1 is 1.24 bits per heavy atom. The molecule has 2 atom stereocenters. The van der Waals surface area contributed by atoms with E-state index in [1.165, 1.54) is 12.8 Å². The number of hydrogen-bond donors (Lipinski definition) is 1. The number of rotatable bonds is 2. The van der Waals surface area contributed by atoms with E-state index in [9.17, 15) is 0 Å². The van der Waals surface area contributed by atoms with Crippen LogP contribution in [0.5, 0.6) is 0 Å². The third-order valence-electron chi connectivity index (χ3n) is 5.05. The minimum Gasteiger partial charge on any atom is -0.379 e. The molecule has 3 fully saturated rings. The van der Waals surface area contributed by atoms with Crippen molar-refractivity contribution in [3.63, 3.8) is 0 Å². The number of halogens is 1. The molecule has 2 unspecified atom stereocenters. The quantitative estimate of drug-likeness (QED) is 0.426. The fraction of sp³-hybridized carbons (Fsp3) is 0.933. The Kier molecular flexibility index (Phi) is 5.76. The van der Waals surface area contributed by atoms with Crippen LogP contribution in [0.2, 0.25) is 0 Å². The molecule has 2 saturated heterocycles. The van der Waals surface area contributed by atoms with E-state index in [1.54, 1.807) is 0 Å². The van der Waals surface area contributed by atoms with E-state index in [4.69, 9.17) is 4.74 Å². The SMILES string of the molecule is CN=C(NC1CC1(C)C)N1CCC(N2CCOCC2)C1.I. The molecule has 21 heavy (non-hydrogen) atoms. The minimum atomic E-state index is 0. The second-order valence-electron chi connectivity index (χ2n) is 6.97. The predicted molar refractivity (Wildman–Crippen MR) is 96.5 cm³/mol. The molecule has 2 heterocycles. The number of nitrogens with zero attached hydrogens (tertiary/aromatic N) is 3. The highest BCUT2D eigenvalue weighted by molar-refractivity contribution is 14.0. The lowest BCUT2D eigenvalue weighted by Gasteiger charge is -2.32. The van der Waals surface area contributed by atoms with E-state index >= 15 is 0 Å². The van der Waals surface area contributed by atoms with Gasteiger partial charge in [-0.1, -0.05) is 13.8 Å². The van der Waals surface area contributed by atoms with Gasteiger partial charge < -0.3 is 15.0 Å². The van der Waals surface area contributed by atoms with Gasteiger partial charge in [-0.25, -0.2) is 0 Å². The number of morpholine rings is 1. The number of likely N-dealkylation sites (tertiary alicyclic amines) is 1. The summed E-state index contributed by atoms with van der Waals surface area (Å²) in [6.07, 6.45) is 2.50. The van der Waals surface area contributed by atoms with Crippen LogP contribution in [-0.4, -0.2) is 74.3 Å². The van der Waals surface area contributed by atoms with Crippen molar-refractivity contribution in [1.29, 1.82) is 0 Å². The maximum atomic E-state index is 5.45. The van der Waals surface area contributed by atoms with Crippen LogP contribution in [0.4, 0.5) is 0 Å². The Morgan fingerprint density at radius 2 is 1.90 bits per heavy atom. The molecule has 0 aromatic heterocycles. The molecule has 5 nitrogen and oxygen atoms in total. The summed E-state index contributed by atoms with van der Waals surface area (Å²) in [5.41, 5.74) is 0.444. The van der Waals surface area contributed by atoms with Gasteiger partial charge in [0.15, 0.2) is 5.96 Å². The second-order valence-corrected chi connectivity index (χ2v) is 6.97. The van der Waals surface area contributed by atoms with Gasteiger partial charge in [0, 0.05) is 45.3 Å². The van der Waals surface area contributed by atoms with Crippen molar-refractivity contribution < 1.29 is 4.74 Å². The average molecular weight is 408 g/mol. The number of nitrogens with one attached hydrogen (secondary N) is 1. The summed E-state index contributed by atoms with van der Waals surface area (Å²) >= 11 is 0. The molecule has 3 rings (SSSR count). The zero-order chi connectivity index (χ0) is 14.2. The van der Waals surface area contributed by atoms with Crippen LogP contribution >= 0.6 is 24.0 Å². The summed E-state index contributed by atoms with van der Waals surface area (Å²) in [5, 5.41) is 3.63. The summed E-state index contributed by atoms with van der Waals surface area (Å²) in [5.74, 6) is 1.09. The van der Waals surface area contributed by atoms with Crippen LogP contribution in [0.15, 0.2) is 4.99 Å². The first-order valence-corrected chi connectivity index (χ1v) is 7.90. The van der Waals surface area contributed by atoms with Crippen molar-refractivity contribution in [2.75, 3.05) is 46.4 Å². The highest BCUT2D eigenvalue weighted by Crippen LogP contribution is 2.44. The van der Waals surface area contributed by atoms with Gasteiger partial charge in [0.05, 0.1) is 13.2 Å². The van der Waals surface area contributed by atoms with Crippen molar-refractivity contribution in [3.05, 3.63) is 0 Å². The first-order valence-electron chi connectivity index (χ1n) is 7.90. The molecule has 2 aliphatic heterocycles. The maximum absolute atomic E-state index is 5.45. The lowest BCUT2D eigenvalue weighted by molar-refractivity contribution is 0.0195. The minimum absolute atomic E-state index is 0. The molecule has 0 aromatic carbocycles. The Balaban J connectivity index is 0.00000161. The molecule has 3 aliphatic rings. The molecule has 1 aliphatic carbocycles. The molecule has 0 amide bonds. The number of guanidine groups is 1. The molecule has 0 aromatic rings. The first kappa shape index (κ1) is 17.3. The van der Waals surface area contributed by atoms with Crippen LogP contribution in [0.1, 0.15) is 26.7 Å². The van der Waals surface area contributed by atoms with Crippen LogP contribution < -0.4 is 5.32 Å². The smallest absolute Gasteiger partial charge is 0.193 e. The molecule has 122 valence electrons. The highest BCUT2D eigenvalue weighted by Gasteiger charge is 2.46. The van der Waals surface area contributed by atoms with E-state index < -0.39 is 0 Å². The average Bonchev–Trinajstić information content (AvgIpc) is 2.88. The number of ether oxygens (including phenoxy) is 1. The second kappa shape index (κ2) is 7.00. The molecule has 1 N–H and O–H groups in total. The fourth-order valence-corrected chi connectivity index (χ4v) is 3.34. The van der Waals surface area contributed by atoms with Crippen molar-refractivity contribution >= 4 is 29.9 Å². The molecule has 0 radical (unpaired) electrons. The summed E-state index contributed by atoms with van der Waals surface area (Å²) in [6.45, 7) is 10.8. The molecule has 1 saturated carbocycles. The van der Waals surface area contributed by atoms with Crippen molar-refractivity contribution in [2.45, 2.75) is 38.8 Å². The van der Waals surface area contributed by atoms with Gasteiger partial charge in [0.25, 0.3) is 0 Å². The molecular formula is C15H29IN4O. The van der Waals surface area contributed by atoms with E-state index in [-0.39, 0.29) is 24.0 Å². The zero-order valence-corrected chi connectivity index (χ0v) is 15.8. The molecular weight excluding hydrogens is 379 g/mol. The number of aliphatic imine (C=N–C) groups is 1. The monoisotopic (exact) mass is 408 g/mol. The van der Waals surface area contributed by atoms with Gasteiger partial charge >= 0.3 is 0 Å². The van der Waals surface area contributed by atoms with E-state index in [0.29, 0.717) is 17.5 Å². The summed E-state index contributed by atoms with van der Waals surface area (Å²) in [6, 6.07) is 1.27. The van der Waals surface area contributed by atoms with Gasteiger partial charge in [0.1, 0.15) is 0 Å². The Morgan fingerprint density at radius 3 is 2.48 bits per heavy atom. The third kappa shape index (κ3) is 4.01. The molecule has 0 spiro atoms. The summed E-state index contributed by atoms with van der Waals surface area (Å²) in [4.78, 5) is 9.49. The van der Waals surface area contributed by atoms with Gasteiger partial charge in [-0.05, 0) is 18.3 Å². The van der Waals surface area contributed by atoms with Gasteiger partial charge in [0.2, 0.25) is 0 Å². The van der Waals surface area contributed by atoms with Crippen molar-refractivity contribution in [3.8, 4) is 0 Å². The topological polar surface area (TPSA) is 40.1 Å². The Bertz CT molecular complexity index is 382. The van der Waals surface area contributed by atoms with Crippen LogP contribution in [0.3, 0.4) is 0 Å². The normalized spacial score (nSPS) is 32.7. The lowest BCUT2D eigenvalue weighted by Crippen LogP contribution is -2.47. The van der Waals surface area contributed by atoms with Crippen LogP contribution in [0, 0.1) is 5.41 Å². The van der Waals surface area contributed by atoms with Crippen molar-refractivity contribution in [1.82, 2.24) is 15.1 Å². The number of hydrogen-bond acceptors (Lipinski definition) is 3. The highest BCUT2D eigenvalue weighted by atomic mass is 127. The van der Waals surface area contributed by atoms with Crippen LogP contribution in [0.25, 0.3) is 0 Å². The van der Waals surface area contributed by atoms with Gasteiger partial charge in [-0.15, -0.1) is 24.0 Å². The zero-order valence-electron chi connectivity index (χ0n) is 13.5. The van der Waals surface area contributed by atoms with E-state index in [2.05, 4.69) is 34.0 Å². The fourth-order valence-electron chi connectivity index (χ4n) is 3.34. The Labute approximate surface area is 145 Å². The van der Waals surface area contributed by atoms with Gasteiger partial charge in [-0.3, -0.25) is 9.89 Å². The van der Waals surface area contributed by atoms with Crippen molar-refractivity contribution in [2.24, 2.45) is 10.4 Å².